The van der Waals surface area contributed by atoms with Gasteiger partial charge >= 0.3 is 0 Å². The summed E-state index contributed by atoms with van der Waals surface area (Å²) in [7, 11) is 1.66. The molecule has 0 aromatic heterocycles. The van der Waals surface area contributed by atoms with Gasteiger partial charge in [0.15, 0.2) is 0 Å². The smallest absolute Gasteiger partial charge is 0.271 e. The van der Waals surface area contributed by atoms with E-state index in [0.717, 1.165) is 38.9 Å². The van der Waals surface area contributed by atoms with Gasteiger partial charge in [0, 0.05) is 5.56 Å². The van der Waals surface area contributed by atoms with E-state index in [1.54, 1.807) is 7.11 Å². The summed E-state index contributed by atoms with van der Waals surface area (Å²) in [6.07, 6.45) is 0. The molecule has 0 saturated carbocycles. The van der Waals surface area contributed by atoms with Crippen molar-refractivity contribution in [3.05, 3.63) is 76.9 Å². The molecule has 4 nitrogen and oxygen atoms in total. The number of benzene rings is 3. The average molecular weight is 346 g/mol. The number of fused-ring (bicyclic) bond motifs is 1. The number of hydrogen-bond acceptors (Lipinski definition) is 3. The van der Waals surface area contributed by atoms with Crippen LogP contribution in [0.3, 0.4) is 0 Å². The summed E-state index contributed by atoms with van der Waals surface area (Å²) in [6, 6.07) is 17.7. The van der Waals surface area contributed by atoms with E-state index in [1.807, 2.05) is 69.3 Å². The van der Waals surface area contributed by atoms with Crippen LogP contribution in [0.1, 0.15) is 34.0 Å². The van der Waals surface area contributed by atoms with Crippen molar-refractivity contribution in [3.63, 3.8) is 0 Å². The lowest BCUT2D eigenvalue weighted by Crippen LogP contribution is -2.20. The normalized spacial score (nSPS) is 11.5. The van der Waals surface area contributed by atoms with Crippen LogP contribution in [0.15, 0.2) is 59.7 Å². The molecule has 0 fully saturated rings. The standard InChI is InChI=1S/C22H22N2O2/c1-14-5-10-21(15(2)11-14)22(25)24-23-16(3)17-6-7-19-13-20(26-4)9-8-18(19)12-17/h5-13H,1-4H3,(H,24,25)/b23-16+. The molecule has 0 bridgehead atoms. The van der Waals surface area contributed by atoms with E-state index in [2.05, 4.69) is 16.6 Å². The molecule has 3 aromatic rings. The van der Waals surface area contributed by atoms with Crippen molar-refractivity contribution in [1.82, 2.24) is 5.43 Å². The molecule has 26 heavy (non-hydrogen) atoms. The average Bonchev–Trinajstić information content (AvgIpc) is 2.64. The minimum Gasteiger partial charge on any atom is -0.497 e. The molecule has 0 aliphatic heterocycles. The van der Waals surface area contributed by atoms with Gasteiger partial charge in [-0.25, -0.2) is 5.43 Å². The quantitative estimate of drug-likeness (QED) is 0.553. The summed E-state index contributed by atoms with van der Waals surface area (Å²) in [5.74, 6) is 0.628. The third kappa shape index (κ3) is 3.75. The third-order valence-corrected chi connectivity index (χ3v) is 4.42. The van der Waals surface area contributed by atoms with E-state index >= 15 is 0 Å². The fourth-order valence-electron chi connectivity index (χ4n) is 2.90. The minimum absolute atomic E-state index is 0.202. The summed E-state index contributed by atoms with van der Waals surface area (Å²) >= 11 is 0. The zero-order chi connectivity index (χ0) is 18.7. The van der Waals surface area contributed by atoms with Crippen molar-refractivity contribution >= 4 is 22.4 Å². The molecule has 0 unspecified atom stereocenters. The minimum atomic E-state index is -0.202. The van der Waals surface area contributed by atoms with Crippen molar-refractivity contribution < 1.29 is 9.53 Å². The predicted molar refractivity (Wildman–Crippen MR) is 106 cm³/mol. The van der Waals surface area contributed by atoms with E-state index < -0.39 is 0 Å². The first-order valence-electron chi connectivity index (χ1n) is 8.48. The SMILES string of the molecule is COc1ccc2cc(/C(C)=N/NC(=O)c3ccc(C)cc3C)ccc2c1. The number of aryl methyl sites for hydroxylation is 2. The van der Waals surface area contributed by atoms with Crippen LogP contribution in [0, 0.1) is 13.8 Å². The maximum atomic E-state index is 12.4. The molecule has 0 aliphatic carbocycles. The summed E-state index contributed by atoms with van der Waals surface area (Å²) in [5, 5.41) is 6.46. The molecule has 0 aliphatic rings. The maximum absolute atomic E-state index is 12.4. The Hall–Kier alpha value is -3.14. The van der Waals surface area contributed by atoms with Gasteiger partial charge < -0.3 is 4.74 Å². The fraction of sp³-hybridized carbons (Fsp3) is 0.182. The zero-order valence-corrected chi connectivity index (χ0v) is 15.5. The maximum Gasteiger partial charge on any atom is 0.271 e. The van der Waals surface area contributed by atoms with E-state index in [1.165, 1.54) is 0 Å². The molecule has 1 N–H and O–H groups in total. The zero-order valence-electron chi connectivity index (χ0n) is 15.5. The number of hydrogen-bond donors (Lipinski definition) is 1. The highest BCUT2D eigenvalue weighted by atomic mass is 16.5. The first-order chi connectivity index (χ1) is 12.5. The van der Waals surface area contributed by atoms with Gasteiger partial charge in [-0.3, -0.25) is 4.79 Å². The molecule has 3 aromatic carbocycles. The van der Waals surface area contributed by atoms with E-state index in [-0.39, 0.29) is 5.91 Å². The lowest BCUT2D eigenvalue weighted by molar-refractivity contribution is 0.0954. The molecule has 4 heteroatoms. The van der Waals surface area contributed by atoms with Crippen LogP contribution in [0.25, 0.3) is 10.8 Å². The van der Waals surface area contributed by atoms with Crippen LogP contribution < -0.4 is 10.2 Å². The van der Waals surface area contributed by atoms with Crippen LogP contribution >= 0.6 is 0 Å². The summed E-state index contributed by atoms with van der Waals surface area (Å²) < 4.78 is 5.25. The Morgan fingerprint density at radius 1 is 0.962 bits per heavy atom. The second kappa shape index (κ2) is 7.40. The van der Waals surface area contributed by atoms with Crippen molar-refractivity contribution in [2.75, 3.05) is 7.11 Å². The van der Waals surface area contributed by atoms with E-state index in [9.17, 15) is 4.79 Å². The molecule has 0 heterocycles. The molecule has 0 atom stereocenters. The van der Waals surface area contributed by atoms with Crippen LogP contribution in [-0.2, 0) is 0 Å². The fourth-order valence-corrected chi connectivity index (χ4v) is 2.90. The molecule has 1 amide bonds. The first kappa shape index (κ1) is 17.7. The summed E-state index contributed by atoms with van der Waals surface area (Å²) in [5.41, 5.74) is 7.07. The van der Waals surface area contributed by atoms with Gasteiger partial charge in [0.1, 0.15) is 5.75 Å². The van der Waals surface area contributed by atoms with Gasteiger partial charge in [-0.1, -0.05) is 35.9 Å². The Bertz CT molecular complexity index is 1010. The van der Waals surface area contributed by atoms with Crippen LogP contribution in [0.5, 0.6) is 5.75 Å². The van der Waals surface area contributed by atoms with E-state index in [4.69, 9.17) is 4.74 Å². The Morgan fingerprint density at radius 3 is 2.42 bits per heavy atom. The Labute approximate surface area is 153 Å². The van der Waals surface area contributed by atoms with Crippen molar-refractivity contribution in [1.29, 1.82) is 0 Å². The van der Waals surface area contributed by atoms with Gasteiger partial charge in [-0.15, -0.1) is 0 Å². The monoisotopic (exact) mass is 346 g/mol. The number of amides is 1. The molecule has 132 valence electrons. The molecular formula is C22H22N2O2. The van der Waals surface area contributed by atoms with Crippen molar-refractivity contribution in [3.8, 4) is 5.75 Å². The van der Waals surface area contributed by atoms with Gasteiger partial charge in [-0.05, 0) is 66.9 Å². The number of nitrogens with zero attached hydrogens (tertiary/aromatic N) is 1. The molecular weight excluding hydrogens is 324 g/mol. The lowest BCUT2D eigenvalue weighted by atomic mass is 10.0. The van der Waals surface area contributed by atoms with Crippen LogP contribution in [0.4, 0.5) is 0 Å². The Kier molecular flexibility index (Phi) is 5.03. The molecule has 3 rings (SSSR count). The largest absolute Gasteiger partial charge is 0.497 e. The van der Waals surface area contributed by atoms with Gasteiger partial charge in [0.05, 0.1) is 12.8 Å². The first-order valence-corrected chi connectivity index (χ1v) is 8.48. The third-order valence-electron chi connectivity index (χ3n) is 4.42. The highest BCUT2D eigenvalue weighted by molar-refractivity contribution is 6.03. The summed E-state index contributed by atoms with van der Waals surface area (Å²) in [6.45, 7) is 5.81. The summed E-state index contributed by atoms with van der Waals surface area (Å²) in [4.78, 5) is 12.4. The number of carbonyl (C=O) groups is 1. The molecule has 0 saturated heterocycles. The van der Waals surface area contributed by atoms with Crippen LogP contribution in [0.2, 0.25) is 0 Å². The number of carbonyl (C=O) groups excluding carboxylic acids is 1. The van der Waals surface area contributed by atoms with E-state index in [0.29, 0.717) is 5.56 Å². The Balaban J connectivity index is 1.80. The van der Waals surface area contributed by atoms with Crippen LogP contribution in [-0.4, -0.2) is 18.7 Å². The lowest BCUT2D eigenvalue weighted by Gasteiger charge is -2.08. The topological polar surface area (TPSA) is 50.7 Å². The number of methoxy groups -OCH3 is 1. The second-order valence-corrected chi connectivity index (χ2v) is 6.38. The number of nitrogens with one attached hydrogen (secondary N) is 1. The van der Waals surface area contributed by atoms with Gasteiger partial charge in [0.2, 0.25) is 0 Å². The van der Waals surface area contributed by atoms with Crippen molar-refractivity contribution in [2.45, 2.75) is 20.8 Å². The van der Waals surface area contributed by atoms with Crippen molar-refractivity contribution in [2.24, 2.45) is 5.10 Å². The number of rotatable bonds is 4. The molecule has 0 spiro atoms. The highest BCUT2D eigenvalue weighted by Crippen LogP contribution is 2.22. The van der Waals surface area contributed by atoms with Gasteiger partial charge in [-0.2, -0.15) is 5.10 Å². The Morgan fingerprint density at radius 2 is 1.69 bits per heavy atom. The number of ether oxygens (including phenoxy) is 1. The predicted octanol–water partition coefficient (Wildman–Crippen LogP) is 4.62. The number of hydrazone groups is 1. The molecule has 0 radical (unpaired) electrons. The second-order valence-electron chi connectivity index (χ2n) is 6.38. The van der Waals surface area contributed by atoms with Gasteiger partial charge in [0.25, 0.3) is 5.91 Å². The highest BCUT2D eigenvalue weighted by Gasteiger charge is 2.08.